The molecule has 4 atom stereocenters. The molecule has 1 aliphatic heterocycles. The summed E-state index contributed by atoms with van der Waals surface area (Å²) in [5.74, 6) is 0.117. The van der Waals surface area contributed by atoms with Crippen LogP contribution in [0.15, 0.2) is 0 Å². The van der Waals surface area contributed by atoms with Gasteiger partial charge in [0.15, 0.2) is 0 Å². The van der Waals surface area contributed by atoms with Crippen LogP contribution in [0.4, 0.5) is 0 Å². The molecule has 0 bridgehead atoms. The van der Waals surface area contributed by atoms with Gasteiger partial charge in [-0.3, -0.25) is 0 Å². The summed E-state index contributed by atoms with van der Waals surface area (Å²) < 4.78 is 9.75. The molecule has 1 fully saturated rings. The topological polar surface area (TPSA) is 99.4 Å². The van der Waals surface area contributed by atoms with Crippen LogP contribution in [0.5, 0.6) is 0 Å². The van der Waals surface area contributed by atoms with Gasteiger partial charge in [-0.15, -0.1) is 6.42 Å². The molecule has 86 valence electrons. The van der Waals surface area contributed by atoms with Crippen molar-refractivity contribution in [3.05, 3.63) is 0 Å². The van der Waals surface area contributed by atoms with Gasteiger partial charge >= 0.3 is 0 Å². The number of aliphatic hydroxyl groups is 4. The van der Waals surface area contributed by atoms with Crippen LogP contribution in [0.1, 0.15) is 0 Å². The first-order chi connectivity index (χ1) is 7.05. The van der Waals surface area contributed by atoms with Gasteiger partial charge in [0.2, 0.25) is 5.79 Å². The fraction of sp³-hybridized carbons (Fsp3) is 0.778. The predicted molar refractivity (Wildman–Crippen MR) is 48.6 cm³/mol. The van der Waals surface area contributed by atoms with Crippen molar-refractivity contribution in [2.45, 2.75) is 24.1 Å². The van der Waals surface area contributed by atoms with Crippen LogP contribution in [-0.2, 0) is 9.47 Å². The quantitative estimate of drug-likeness (QED) is 0.389. The first-order valence-electron chi connectivity index (χ1n) is 4.43. The Kier molecular flexibility index (Phi) is 4.04. The van der Waals surface area contributed by atoms with Crippen molar-refractivity contribution in [3.63, 3.8) is 0 Å². The number of hydrogen-bond donors (Lipinski definition) is 4. The monoisotopic (exact) mass is 218 g/mol. The second-order valence-corrected chi connectivity index (χ2v) is 3.31. The van der Waals surface area contributed by atoms with E-state index in [1.165, 1.54) is 0 Å². The van der Waals surface area contributed by atoms with E-state index in [1.807, 2.05) is 0 Å². The van der Waals surface area contributed by atoms with E-state index in [-0.39, 0.29) is 13.2 Å². The fourth-order valence-corrected chi connectivity index (χ4v) is 1.38. The minimum Gasteiger partial charge on any atom is -0.391 e. The molecule has 4 N–H and O–H groups in total. The summed E-state index contributed by atoms with van der Waals surface area (Å²) in [6.45, 7) is -1.21. The SMILES string of the molecule is C#CCO[C@H]1[C@H](O)[C@H](O)CO[C@]1(O)CO. The third-order valence-corrected chi connectivity index (χ3v) is 2.23. The Morgan fingerprint density at radius 1 is 1.53 bits per heavy atom. The molecule has 0 unspecified atom stereocenters. The molecule has 0 aromatic heterocycles. The predicted octanol–water partition coefficient (Wildman–Crippen LogP) is -2.56. The molecule has 0 aromatic carbocycles. The maximum Gasteiger partial charge on any atom is 0.219 e. The highest BCUT2D eigenvalue weighted by Gasteiger charge is 2.49. The fourth-order valence-electron chi connectivity index (χ4n) is 1.38. The van der Waals surface area contributed by atoms with Crippen molar-refractivity contribution < 1.29 is 29.9 Å². The Labute approximate surface area is 87.1 Å². The number of rotatable bonds is 3. The number of hydrogen-bond acceptors (Lipinski definition) is 6. The zero-order valence-corrected chi connectivity index (χ0v) is 8.04. The van der Waals surface area contributed by atoms with Crippen molar-refractivity contribution in [1.82, 2.24) is 0 Å². The minimum absolute atomic E-state index is 0.167. The highest BCUT2D eigenvalue weighted by Crippen LogP contribution is 2.26. The van der Waals surface area contributed by atoms with Crippen molar-refractivity contribution in [1.29, 1.82) is 0 Å². The highest BCUT2D eigenvalue weighted by molar-refractivity contribution is 4.94. The molecular formula is C9H14O6. The zero-order valence-electron chi connectivity index (χ0n) is 8.04. The summed E-state index contributed by atoms with van der Waals surface area (Å²) in [7, 11) is 0. The molecule has 1 rings (SSSR count). The molecule has 0 radical (unpaired) electrons. The summed E-state index contributed by atoms with van der Waals surface area (Å²) in [4.78, 5) is 0. The smallest absolute Gasteiger partial charge is 0.219 e. The van der Waals surface area contributed by atoms with Crippen LogP contribution in [0.2, 0.25) is 0 Å². The molecular weight excluding hydrogens is 204 g/mol. The zero-order chi connectivity index (χ0) is 11.5. The lowest BCUT2D eigenvalue weighted by Gasteiger charge is -2.42. The third kappa shape index (κ3) is 2.46. The maximum atomic E-state index is 9.72. The second-order valence-electron chi connectivity index (χ2n) is 3.31. The average Bonchev–Trinajstić information content (AvgIpc) is 2.24. The Hall–Kier alpha value is -0.680. The number of terminal acetylenes is 1. The minimum atomic E-state index is -2.03. The molecule has 1 heterocycles. The van der Waals surface area contributed by atoms with Crippen molar-refractivity contribution in [2.75, 3.05) is 19.8 Å². The molecule has 1 saturated heterocycles. The van der Waals surface area contributed by atoms with E-state index in [0.717, 1.165) is 0 Å². The van der Waals surface area contributed by atoms with Crippen LogP contribution in [0, 0.1) is 12.3 Å². The summed E-state index contributed by atoms with van der Waals surface area (Å²) in [6, 6.07) is 0. The van der Waals surface area contributed by atoms with E-state index >= 15 is 0 Å². The van der Waals surface area contributed by atoms with Crippen molar-refractivity contribution in [3.8, 4) is 12.3 Å². The second kappa shape index (κ2) is 4.90. The summed E-state index contributed by atoms with van der Waals surface area (Å²) in [6.07, 6.45) is 1.14. The Bertz CT molecular complexity index is 249. The number of ether oxygens (including phenoxy) is 2. The molecule has 0 aromatic rings. The third-order valence-electron chi connectivity index (χ3n) is 2.23. The van der Waals surface area contributed by atoms with E-state index in [1.54, 1.807) is 0 Å². The van der Waals surface area contributed by atoms with Crippen LogP contribution in [-0.4, -0.2) is 64.3 Å². The van der Waals surface area contributed by atoms with E-state index in [0.29, 0.717) is 0 Å². The van der Waals surface area contributed by atoms with Gasteiger partial charge in [0.05, 0.1) is 13.2 Å². The molecule has 0 amide bonds. The molecule has 6 heteroatoms. The standard InChI is InChI=1S/C9H14O6/c1-2-3-14-8-7(12)6(11)4-15-9(8,13)5-10/h1,6-8,10-13H,3-5H2/t6-,7-,8+,9-/m1/s1. The molecule has 15 heavy (non-hydrogen) atoms. The van der Waals surface area contributed by atoms with Gasteiger partial charge in [0.1, 0.15) is 24.9 Å². The summed E-state index contributed by atoms with van der Waals surface area (Å²) in [5.41, 5.74) is 0. The first kappa shape index (κ1) is 12.4. The molecule has 0 saturated carbocycles. The van der Waals surface area contributed by atoms with E-state index in [2.05, 4.69) is 5.92 Å². The van der Waals surface area contributed by atoms with E-state index < -0.39 is 30.7 Å². The van der Waals surface area contributed by atoms with Crippen LogP contribution in [0.25, 0.3) is 0 Å². The van der Waals surface area contributed by atoms with Gasteiger partial charge in [0, 0.05) is 0 Å². The normalized spacial score (nSPS) is 41.1. The van der Waals surface area contributed by atoms with E-state index in [4.69, 9.17) is 21.0 Å². The lowest BCUT2D eigenvalue weighted by molar-refractivity contribution is -0.338. The van der Waals surface area contributed by atoms with Gasteiger partial charge in [-0.05, 0) is 0 Å². The summed E-state index contributed by atoms with van der Waals surface area (Å²) >= 11 is 0. The Morgan fingerprint density at radius 2 is 2.20 bits per heavy atom. The molecule has 0 aliphatic carbocycles. The van der Waals surface area contributed by atoms with Crippen LogP contribution < -0.4 is 0 Å². The lowest BCUT2D eigenvalue weighted by Crippen LogP contribution is -2.63. The Morgan fingerprint density at radius 3 is 2.73 bits per heavy atom. The molecule has 6 nitrogen and oxygen atoms in total. The van der Waals surface area contributed by atoms with Gasteiger partial charge in [-0.2, -0.15) is 0 Å². The highest BCUT2D eigenvalue weighted by atomic mass is 16.7. The van der Waals surface area contributed by atoms with E-state index in [9.17, 15) is 15.3 Å². The van der Waals surface area contributed by atoms with Crippen molar-refractivity contribution >= 4 is 0 Å². The van der Waals surface area contributed by atoms with Gasteiger partial charge in [-0.25, -0.2) is 0 Å². The lowest BCUT2D eigenvalue weighted by atomic mass is 9.97. The maximum absolute atomic E-state index is 9.72. The first-order valence-corrected chi connectivity index (χ1v) is 4.43. The van der Waals surface area contributed by atoms with Crippen molar-refractivity contribution in [2.24, 2.45) is 0 Å². The van der Waals surface area contributed by atoms with Crippen LogP contribution >= 0.6 is 0 Å². The van der Waals surface area contributed by atoms with Gasteiger partial charge < -0.3 is 29.9 Å². The summed E-state index contributed by atoms with van der Waals surface area (Å²) in [5, 5.41) is 37.5. The molecule has 1 aliphatic rings. The van der Waals surface area contributed by atoms with Gasteiger partial charge in [0.25, 0.3) is 0 Å². The van der Waals surface area contributed by atoms with Crippen LogP contribution in [0.3, 0.4) is 0 Å². The van der Waals surface area contributed by atoms with Gasteiger partial charge in [-0.1, -0.05) is 5.92 Å². The molecule has 0 spiro atoms. The number of aliphatic hydroxyl groups excluding tert-OH is 3. The average molecular weight is 218 g/mol. The Balaban J connectivity index is 2.76. The largest absolute Gasteiger partial charge is 0.391 e.